The van der Waals surface area contributed by atoms with Crippen molar-refractivity contribution in [2.45, 2.75) is 64.5 Å². The summed E-state index contributed by atoms with van der Waals surface area (Å²) in [7, 11) is 0. The average molecular weight is 362 g/mol. The normalized spacial score (nSPS) is 19.5. The molecule has 0 aliphatic heterocycles. The van der Waals surface area contributed by atoms with Gasteiger partial charge in [0.1, 0.15) is 11.9 Å². The molecule has 1 aliphatic rings. The molecule has 0 spiro atoms. The third-order valence-corrected chi connectivity index (χ3v) is 4.46. The molecule has 2 amide bonds. The van der Waals surface area contributed by atoms with Gasteiger partial charge < -0.3 is 20.1 Å². The van der Waals surface area contributed by atoms with Crippen molar-refractivity contribution in [2.75, 3.05) is 13.2 Å². The molecule has 0 bridgehead atoms. The number of rotatable bonds is 8. The predicted molar refractivity (Wildman–Crippen MR) is 100 cm³/mol. The second kappa shape index (κ2) is 10.7. The number of urea groups is 1. The number of amides is 2. The molecule has 0 heterocycles. The van der Waals surface area contributed by atoms with Gasteiger partial charge in [-0.2, -0.15) is 0 Å². The Balaban J connectivity index is 1.56. The van der Waals surface area contributed by atoms with Gasteiger partial charge in [0, 0.05) is 19.0 Å². The van der Waals surface area contributed by atoms with Crippen molar-refractivity contribution in [3.8, 4) is 5.75 Å². The smallest absolute Gasteiger partial charge is 0.314 e. The first-order valence-electron chi connectivity index (χ1n) is 9.50. The Morgan fingerprint density at radius 2 is 1.81 bits per heavy atom. The van der Waals surface area contributed by atoms with Gasteiger partial charge in [-0.1, -0.05) is 17.7 Å². The molecule has 2 N–H and O–H groups in total. The Bertz CT molecular complexity index is 566. The average Bonchev–Trinajstić information content (AvgIpc) is 2.62. The predicted octanol–water partition coefficient (Wildman–Crippen LogP) is 3.33. The van der Waals surface area contributed by atoms with Gasteiger partial charge in [-0.15, -0.1) is 0 Å². The first-order valence-corrected chi connectivity index (χ1v) is 9.50. The van der Waals surface area contributed by atoms with E-state index in [9.17, 15) is 9.59 Å². The lowest BCUT2D eigenvalue weighted by molar-refractivity contribution is -0.151. The minimum atomic E-state index is -0.169. The van der Waals surface area contributed by atoms with E-state index in [4.69, 9.17) is 9.47 Å². The van der Waals surface area contributed by atoms with Gasteiger partial charge in [-0.3, -0.25) is 4.79 Å². The van der Waals surface area contributed by atoms with Gasteiger partial charge in [-0.05, 0) is 58.1 Å². The van der Waals surface area contributed by atoms with Crippen LogP contribution in [0.3, 0.4) is 0 Å². The van der Waals surface area contributed by atoms with Crippen molar-refractivity contribution in [1.29, 1.82) is 0 Å². The number of hydrogen-bond acceptors (Lipinski definition) is 4. The fraction of sp³-hybridized carbons (Fsp3) is 0.600. The molecule has 1 fully saturated rings. The fourth-order valence-corrected chi connectivity index (χ4v) is 3.01. The summed E-state index contributed by atoms with van der Waals surface area (Å²) in [5, 5.41) is 5.68. The quantitative estimate of drug-likeness (QED) is 0.549. The van der Waals surface area contributed by atoms with Crippen LogP contribution in [0.5, 0.6) is 5.75 Å². The maximum absolute atomic E-state index is 12.0. The Morgan fingerprint density at radius 3 is 2.46 bits per heavy atom. The van der Waals surface area contributed by atoms with Gasteiger partial charge >= 0.3 is 12.0 Å². The number of hydrogen-bond donors (Lipinski definition) is 2. The molecule has 1 aromatic carbocycles. The van der Waals surface area contributed by atoms with E-state index in [1.54, 1.807) is 0 Å². The second-order valence-corrected chi connectivity index (χ2v) is 6.73. The second-order valence-electron chi connectivity index (χ2n) is 6.73. The van der Waals surface area contributed by atoms with E-state index < -0.39 is 0 Å². The van der Waals surface area contributed by atoms with E-state index >= 15 is 0 Å². The van der Waals surface area contributed by atoms with Crippen LogP contribution in [0.1, 0.15) is 51.0 Å². The van der Waals surface area contributed by atoms with Gasteiger partial charge in [0.25, 0.3) is 0 Å². The zero-order chi connectivity index (χ0) is 18.8. The molecule has 0 radical (unpaired) electrons. The summed E-state index contributed by atoms with van der Waals surface area (Å²) in [6.07, 6.45) is 4.24. The van der Waals surface area contributed by atoms with Crippen LogP contribution in [0.25, 0.3) is 0 Å². The minimum absolute atomic E-state index is 0.0344. The zero-order valence-corrected chi connectivity index (χ0v) is 15.8. The monoisotopic (exact) mass is 362 g/mol. The van der Waals surface area contributed by atoms with Crippen molar-refractivity contribution in [3.05, 3.63) is 29.8 Å². The van der Waals surface area contributed by atoms with Crippen LogP contribution in [0, 0.1) is 6.92 Å². The minimum Gasteiger partial charge on any atom is -0.494 e. The molecule has 0 unspecified atom stereocenters. The summed E-state index contributed by atoms with van der Waals surface area (Å²) < 4.78 is 11.2. The highest BCUT2D eigenvalue weighted by atomic mass is 16.5. The van der Waals surface area contributed by atoms with Crippen LogP contribution < -0.4 is 15.4 Å². The number of aryl methyl sites for hydroxylation is 1. The van der Waals surface area contributed by atoms with Crippen molar-refractivity contribution in [1.82, 2.24) is 10.6 Å². The van der Waals surface area contributed by atoms with Crippen LogP contribution in [0.15, 0.2) is 24.3 Å². The van der Waals surface area contributed by atoms with E-state index in [0.717, 1.165) is 31.4 Å². The molecule has 1 aliphatic carbocycles. The number of benzene rings is 1. The summed E-state index contributed by atoms with van der Waals surface area (Å²) in [6.45, 7) is 5.04. The van der Waals surface area contributed by atoms with Crippen LogP contribution in [0.2, 0.25) is 0 Å². The fourth-order valence-electron chi connectivity index (χ4n) is 3.01. The third kappa shape index (κ3) is 7.33. The van der Waals surface area contributed by atoms with E-state index in [0.29, 0.717) is 26.0 Å². The Morgan fingerprint density at radius 1 is 1.12 bits per heavy atom. The van der Waals surface area contributed by atoms with E-state index in [-0.39, 0.29) is 24.1 Å². The Kier molecular flexibility index (Phi) is 8.25. The summed E-state index contributed by atoms with van der Waals surface area (Å²) in [5.74, 6) is 0.652. The standard InChI is InChI=1S/C20H30N2O4/c1-3-21-20(24)22-16-8-12-18(13-9-16)26-19(23)5-4-14-25-17-10-6-15(2)7-11-17/h6-7,10-11,16,18H,3-5,8-9,12-14H2,1-2H3,(H2,21,22,24). The van der Waals surface area contributed by atoms with Gasteiger partial charge in [0.15, 0.2) is 0 Å². The summed E-state index contributed by atoms with van der Waals surface area (Å²) in [6, 6.07) is 7.91. The number of ether oxygens (including phenoxy) is 2. The van der Waals surface area contributed by atoms with Crippen LogP contribution in [0.4, 0.5) is 4.79 Å². The lowest BCUT2D eigenvalue weighted by Gasteiger charge is -2.28. The first-order chi connectivity index (χ1) is 12.6. The topological polar surface area (TPSA) is 76.7 Å². The van der Waals surface area contributed by atoms with Crippen molar-refractivity contribution >= 4 is 12.0 Å². The highest BCUT2D eigenvalue weighted by Crippen LogP contribution is 2.22. The van der Waals surface area contributed by atoms with Gasteiger partial charge in [-0.25, -0.2) is 4.79 Å². The van der Waals surface area contributed by atoms with E-state index in [1.165, 1.54) is 5.56 Å². The van der Waals surface area contributed by atoms with Crippen molar-refractivity contribution in [2.24, 2.45) is 0 Å². The first kappa shape index (κ1) is 20.1. The molecular weight excluding hydrogens is 332 g/mol. The number of esters is 1. The lowest BCUT2D eigenvalue weighted by Crippen LogP contribution is -2.44. The number of nitrogens with one attached hydrogen (secondary N) is 2. The molecule has 1 saturated carbocycles. The van der Waals surface area contributed by atoms with Crippen molar-refractivity contribution in [3.63, 3.8) is 0 Å². The van der Waals surface area contributed by atoms with Gasteiger partial charge in [0.05, 0.1) is 6.61 Å². The Labute approximate surface area is 155 Å². The number of carbonyl (C=O) groups excluding carboxylic acids is 2. The maximum Gasteiger partial charge on any atom is 0.314 e. The summed E-state index contributed by atoms with van der Waals surface area (Å²) >= 11 is 0. The molecule has 0 saturated heterocycles. The molecule has 2 rings (SSSR count). The summed E-state index contributed by atoms with van der Waals surface area (Å²) in [5.41, 5.74) is 1.19. The molecule has 26 heavy (non-hydrogen) atoms. The molecule has 0 atom stereocenters. The zero-order valence-electron chi connectivity index (χ0n) is 15.8. The lowest BCUT2D eigenvalue weighted by atomic mass is 9.93. The largest absolute Gasteiger partial charge is 0.494 e. The Hall–Kier alpha value is -2.24. The van der Waals surface area contributed by atoms with Gasteiger partial charge in [0.2, 0.25) is 0 Å². The molecule has 6 heteroatoms. The molecule has 6 nitrogen and oxygen atoms in total. The molecule has 1 aromatic rings. The number of carbonyl (C=O) groups is 2. The highest BCUT2D eigenvalue weighted by Gasteiger charge is 2.24. The highest BCUT2D eigenvalue weighted by molar-refractivity contribution is 5.74. The van der Waals surface area contributed by atoms with E-state index in [1.807, 2.05) is 38.1 Å². The third-order valence-electron chi connectivity index (χ3n) is 4.46. The maximum atomic E-state index is 12.0. The van der Waals surface area contributed by atoms with Crippen LogP contribution >= 0.6 is 0 Å². The SMILES string of the molecule is CCNC(=O)NC1CCC(OC(=O)CCCOc2ccc(C)cc2)CC1. The van der Waals surface area contributed by atoms with E-state index in [2.05, 4.69) is 10.6 Å². The van der Waals surface area contributed by atoms with Crippen LogP contribution in [-0.4, -0.2) is 37.3 Å². The van der Waals surface area contributed by atoms with Crippen LogP contribution in [-0.2, 0) is 9.53 Å². The molecular formula is C20H30N2O4. The molecule has 144 valence electrons. The molecule has 0 aromatic heterocycles. The van der Waals surface area contributed by atoms with Crippen molar-refractivity contribution < 1.29 is 19.1 Å². The summed E-state index contributed by atoms with van der Waals surface area (Å²) in [4.78, 5) is 23.5.